The van der Waals surface area contributed by atoms with Crippen molar-refractivity contribution in [1.82, 2.24) is 10.2 Å². The molecule has 5 heteroatoms. The lowest BCUT2D eigenvalue weighted by molar-refractivity contribution is -0.154. The van der Waals surface area contributed by atoms with Crippen molar-refractivity contribution in [3.8, 4) is 0 Å². The van der Waals surface area contributed by atoms with Gasteiger partial charge in [0.05, 0.1) is 18.3 Å². The molecule has 0 saturated carbocycles. The molecule has 2 aliphatic heterocycles. The molecular weight excluding hydrogens is 328 g/mol. The van der Waals surface area contributed by atoms with Crippen molar-refractivity contribution >= 4 is 6.03 Å². The Balaban J connectivity index is 1.46. The number of urea groups is 1. The van der Waals surface area contributed by atoms with Gasteiger partial charge in [0.2, 0.25) is 0 Å². The van der Waals surface area contributed by atoms with Gasteiger partial charge in [0.15, 0.2) is 0 Å². The molecule has 0 radical (unpaired) electrons. The second kappa shape index (κ2) is 8.87. The average Bonchev–Trinajstić information content (AvgIpc) is 2.66. The Kier molecular flexibility index (Phi) is 6.54. The lowest BCUT2D eigenvalue weighted by Crippen LogP contribution is -2.54. The first-order valence-corrected chi connectivity index (χ1v) is 9.89. The summed E-state index contributed by atoms with van der Waals surface area (Å²) in [5, 5.41) is 3.01. The predicted octanol–water partition coefficient (Wildman–Crippen LogP) is 3.58. The third-order valence-electron chi connectivity index (χ3n) is 5.40. The smallest absolute Gasteiger partial charge is 0.317 e. The monoisotopic (exact) mass is 360 g/mol. The number of hydrogen-bond acceptors (Lipinski definition) is 3. The minimum absolute atomic E-state index is 0.0567. The van der Waals surface area contributed by atoms with E-state index in [1.54, 1.807) is 0 Å². The summed E-state index contributed by atoms with van der Waals surface area (Å²) in [6.07, 6.45) is 3.92. The van der Waals surface area contributed by atoms with Crippen molar-refractivity contribution in [1.29, 1.82) is 0 Å². The maximum absolute atomic E-state index is 12.2. The van der Waals surface area contributed by atoms with Crippen LogP contribution in [0.3, 0.4) is 0 Å². The zero-order valence-electron chi connectivity index (χ0n) is 16.1. The van der Waals surface area contributed by atoms with E-state index in [9.17, 15) is 4.79 Å². The summed E-state index contributed by atoms with van der Waals surface area (Å²) in [6.45, 7) is 7.87. The summed E-state index contributed by atoms with van der Waals surface area (Å²) in [4.78, 5) is 14.2. The molecule has 2 saturated heterocycles. The zero-order valence-corrected chi connectivity index (χ0v) is 16.1. The van der Waals surface area contributed by atoms with Crippen LogP contribution in [0.4, 0.5) is 4.79 Å². The Morgan fingerprint density at radius 1 is 1.31 bits per heavy atom. The van der Waals surface area contributed by atoms with Crippen molar-refractivity contribution in [3.63, 3.8) is 0 Å². The van der Waals surface area contributed by atoms with Crippen LogP contribution in [0.25, 0.3) is 0 Å². The first-order valence-electron chi connectivity index (χ1n) is 9.89. The summed E-state index contributed by atoms with van der Waals surface area (Å²) in [7, 11) is 0. The molecule has 3 rings (SSSR count). The molecule has 1 N–H and O–H groups in total. The number of hydrogen-bond donors (Lipinski definition) is 1. The number of likely N-dealkylation sites (tertiary alicyclic amines) is 1. The maximum Gasteiger partial charge on any atom is 0.317 e. The molecule has 0 aromatic heterocycles. The highest BCUT2D eigenvalue weighted by Gasteiger charge is 2.41. The third-order valence-corrected chi connectivity index (χ3v) is 5.40. The summed E-state index contributed by atoms with van der Waals surface area (Å²) in [5.74, 6) is 0.472. The minimum atomic E-state index is -0.117. The quantitative estimate of drug-likeness (QED) is 0.873. The molecule has 2 heterocycles. The highest BCUT2D eigenvalue weighted by molar-refractivity contribution is 5.74. The molecule has 0 aliphatic carbocycles. The fourth-order valence-corrected chi connectivity index (χ4v) is 3.78. The number of nitrogens with zero attached hydrogens (tertiary/aromatic N) is 1. The van der Waals surface area contributed by atoms with Gasteiger partial charge in [0.25, 0.3) is 0 Å². The molecule has 2 amide bonds. The number of piperidine rings is 1. The highest BCUT2D eigenvalue weighted by Crippen LogP contribution is 2.36. The van der Waals surface area contributed by atoms with Gasteiger partial charge in [-0.1, -0.05) is 44.2 Å². The van der Waals surface area contributed by atoms with Gasteiger partial charge in [0.1, 0.15) is 0 Å². The Morgan fingerprint density at radius 2 is 2.04 bits per heavy atom. The molecule has 1 aromatic carbocycles. The molecule has 0 bridgehead atoms. The van der Waals surface area contributed by atoms with Crippen LogP contribution < -0.4 is 5.32 Å². The van der Waals surface area contributed by atoms with Crippen LogP contribution in [0.5, 0.6) is 0 Å². The van der Waals surface area contributed by atoms with Crippen molar-refractivity contribution in [2.45, 2.75) is 57.8 Å². The predicted molar refractivity (Wildman–Crippen MR) is 102 cm³/mol. The van der Waals surface area contributed by atoms with E-state index >= 15 is 0 Å². The molecule has 1 aromatic rings. The fraction of sp³-hybridized carbons (Fsp3) is 0.667. The van der Waals surface area contributed by atoms with Gasteiger partial charge in [-0.05, 0) is 30.7 Å². The van der Waals surface area contributed by atoms with E-state index in [2.05, 4.69) is 31.3 Å². The van der Waals surface area contributed by atoms with Gasteiger partial charge in [0, 0.05) is 32.7 Å². The molecule has 26 heavy (non-hydrogen) atoms. The Hall–Kier alpha value is -1.59. The molecular formula is C21H32N2O3. The first kappa shape index (κ1) is 19.2. The number of rotatable bonds is 5. The van der Waals surface area contributed by atoms with Crippen LogP contribution in [0, 0.1) is 5.92 Å². The lowest BCUT2D eigenvalue weighted by atomic mass is 9.83. The van der Waals surface area contributed by atoms with Crippen molar-refractivity contribution in [2.75, 3.05) is 26.2 Å². The number of carbonyl (C=O) groups excluding carboxylic acids is 1. The molecule has 1 unspecified atom stereocenters. The molecule has 5 nitrogen and oxygen atoms in total. The number of carbonyl (C=O) groups is 1. The Bertz CT molecular complexity index is 568. The third kappa shape index (κ3) is 5.21. The van der Waals surface area contributed by atoms with Gasteiger partial charge in [-0.15, -0.1) is 0 Å². The number of ether oxygens (including phenoxy) is 2. The van der Waals surface area contributed by atoms with Gasteiger partial charge >= 0.3 is 6.03 Å². The van der Waals surface area contributed by atoms with Crippen LogP contribution in [0.15, 0.2) is 30.3 Å². The number of benzene rings is 1. The largest absolute Gasteiger partial charge is 0.375 e. The van der Waals surface area contributed by atoms with Crippen molar-refractivity contribution < 1.29 is 14.3 Å². The van der Waals surface area contributed by atoms with Gasteiger partial charge < -0.3 is 19.7 Å². The molecule has 144 valence electrons. The normalized spacial score (nSPS) is 22.6. The molecule has 2 aliphatic rings. The first-order chi connectivity index (χ1) is 12.6. The van der Waals surface area contributed by atoms with E-state index in [1.165, 1.54) is 5.56 Å². The van der Waals surface area contributed by atoms with Crippen molar-refractivity contribution in [2.24, 2.45) is 5.92 Å². The van der Waals surface area contributed by atoms with Gasteiger partial charge in [-0.3, -0.25) is 0 Å². The molecule has 1 spiro atoms. The summed E-state index contributed by atoms with van der Waals surface area (Å²) in [5.41, 5.74) is 1.10. The van der Waals surface area contributed by atoms with E-state index in [0.29, 0.717) is 12.5 Å². The van der Waals surface area contributed by atoms with Crippen LogP contribution in [-0.4, -0.2) is 48.9 Å². The summed E-state index contributed by atoms with van der Waals surface area (Å²) >= 11 is 0. The van der Waals surface area contributed by atoms with Crippen molar-refractivity contribution in [3.05, 3.63) is 35.9 Å². The van der Waals surface area contributed by atoms with E-state index in [1.807, 2.05) is 23.1 Å². The van der Waals surface area contributed by atoms with E-state index < -0.39 is 0 Å². The number of amides is 2. The lowest BCUT2D eigenvalue weighted by Gasteiger charge is -2.46. The second-order valence-electron chi connectivity index (χ2n) is 8.01. The van der Waals surface area contributed by atoms with Gasteiger partial charge in [-0.25, -0.2) is 4.79 Å². The standard InChI is InChI=1S/C21H32N2O3/c1-17(2)15-22-20(24)23-11-9-21(10-12-23)14-19(8-13-26-21)25-16-18-6-4-3-5-7-18/h3-7,17,19H,8-16H2,1-2H3,(H,22,24). The zero-order chi connectivity index (χ0) is 18.4. The average molecular weight is 360 g/mol. The Morgan fingerprint density at radius 3 is 2.73 bits per heavy atom. The van der Waals surface area contributed by atoms with E-state index in [-0.39, 0.29) is 17.7 Å². The van der Waals surface area contributed by atoms with Gasteiger partial charge in [-0.2, -0.15) is 0 Å². The summed E-state index contributed by atoms with van der Waals surface area (Å²) < 4.78 is 12.3. The van der Waals surface area contributed by atoms with Crippen LogP contribution >= 0.6 is 0 Å². The topological polar surface area (TPSA) is 50.8 Å². The van der Waals surface area contributed by atoms with E-state index in [4.69, 9.17) is 9.47 Å². The SMILES string of the molecule is CC(C)CNC(=O)N1CCC2(CC1)CC(OCc1ccccc1)CCO2. The van der Waals surface area contributed by atoms with Crippen LogP contribution in [0.2, 0.25) is 0 Å². The molecule has 1 atom stereocenters. The van der Waals surface area contributed by atoms with Crippen LogP contribution in [-0.2, 0) is 16.1 Å². The van der Waals surface area contributed by atoms with E-state index in [0.717, 1.165) is 51.9 Å². The fourth-order valence-electron chi connectivity index (χ4n) is 3.78. The minimum Gasteiger partial charge on any atom is -0.375 e. The highest BCUT2D eigenvalue weighted by atomic mass is 16.5. The Labute approximate surface area is 157 Å². The molecule has 2 fully saturated rings. The maximum atomic E-state index is 12.2. The summed E-state index contributed by atoms with van der Waals surface area (Å²) in [6, 6.07) is 10.4. The number of nitrogens with one attached hydrogen (secondary N) is 1. The van der Waals surface area contributed by atoms with Crippen LogP contribution in [0.1, 0.15) is 45.1 Å². The second-order valence-corrected chi connectivity index (χ2v) is 8.01.